The van der Waals surface area contributed by atoms with E-state index in [1.807, 2.05) is 69.3 Å². The van der Waals surface area contributed by atoms with Crippen molar-refractivity contribution in [2.75, 3.05) is 0 Å². The summed E-state index contributed by atoms with van der Waals surface area (Å²) in [6, 6.07) is 15.4. The summed E-state index contributed by atoms with van der Waals surface area (Å²) < 4.78 is 1.57. The lowest BCUT2D eigenvalue weighted by Gasteiger charge is -2.22. The summed E-state index contributed by atoms with van der Waals surface area (Å²) in [4.78, 5) is 12.7. The van der Waals surface area contributed by atoms with Gasteiger partial charge in [0.05, 0.1) is 16.6 Å². The number of hydrogen-bond donors (Lipinski definition) is 0. The zero-order chi connectivity index (χ0) is 16.6. The van der Waals surface area contributed by atoms with Gasteiger partial charge in [0.15, 0.2) is 0 Å². The highest BCUT2D eigenvalue weighted by atomic mass is 35.5. The van der Waals surface area contributed by atoms with Crippen molar-refractivity contribution in [2.45, 2.75) is 32.7 Å². The van der Waals surface area contributed by atoms with Gasteiger partial charge in [0.1, 0.15) is 0 Å². The van der Waals surface area contributed by atoms with Crippen LogP contribution in [0.15, 0.2) is 53.3 Å². The first-order valence-corrected chi connectivity index (χ1v) is 8.00. The third kappa shape index (κ3) is 3.02. The Morgan fingerprint density at radius 2 is 1.61 bits per heavy atom. The van der Waals surface area contributed by atoms with Crippen LogP contribution in [0.5, 0.6) is 0 Å². The Labute approximate surface area is 140 Å². The summed E-state index contributed by atoms with van der Waals surface area (Å²) >= 11 is 6.29. The molecule has 118 valence electrons. The van der Waals surface area contributed by atoms with Crippen LogP contribution in [-0.4, -0.2) is 9.78 Å². The molecule has 1 aromatic heterocycles. The minimum Gasteiger partial charge on any atom is -0.267 e. The molecule has 0 saturated heterocycles. The smallest absolute Gasteiger partial charge is 0.267 e. The minimum absolute atomic E-state index is 0.0593. The molecule has 3 aromatic rings. The molecule has 1 heterocycles. The van der Waals surface area contributed by atoms with Gasteiger partial charge in [-0.15, -0.1) is 0 Å². The second kappa shape index (κ2) is 5.82. The molecular formula is C19H19ClN2O. The molecule has 0 saturated carbocycles. The summed E-state index contributed by atoms with van der Waals surface area (Å²) in [5.41, 5.74) is 1.43. The summed E-state index contributed by atoms with van der Waals surface area (Å²) in [5.74, 6) is 0. The van der Waals surface area contributed by atoms with E-state index in [1.165, 1.54) is 0 Å². The standard InChI is InChI=1S/C19H19ClN2O/c1-19(2,3)22-18(23)15-10-6-5-9-14(15)17(21-22)12-13-8-4-7-11-16(13)20/h4-11H,12H2,1-3H3. The number of fused-ring (bicyclic) bond motifs is 1. The molecule has 0 amide bonds. The van der Waals surface area contributed by atoms with E-state index < -0.39 is 0 Å². The minimum atomic E-state index is -0.379. The van der Waals surface area contributed by atoms with Gasteiger partial charge in [0.25, 0.3) is 5.56 Å². The largest absolute Gasteiger partial charge is 0.275 e. The first-order chi connectivity index (χ1) is 10.9. The van der Waals surface area contributed by atoms with Crippen LogP contribution in [0.25, 0.3) is 10.8 Å². The summed E-state index contributed by atoms with van der Waals surface area (Å²) in [7, 11) is 0. The first-order valence-electron chi connectivity index (χ1n) is 7.63. The predicted octanol–water partition coefficient (Wildman–Crippen LogP) is 4.40. The Morgan fingerprint density at radius 3 is 2.26 bits per heavy atom. The molecule has 0 spiro atoms. The van der Waals surface area contributed by atoms with Gasteiger partial charge in [0, 0.05) is 16.8 Å². The lowest BCUT2D eigenvalue weighted by atomic mass is 10.0. The molecule has 0 aliphatic heterocycles. The fraction of sp³-hybridized carbons (Fsp3) is 0.263. The third-order valence-electron chi connectivity index (χ3n) is 3.83. The molecule has 0 bridgehead atoms. The fourth-order valence-electron chi connectivity index (χ4n) is 2.66. The Morgan fingerprint density at radius 1 is 1.00 bits per heavy atom. The lowest BCUT2D eigenvalue weighted by Crippen LogP contribution is -2.36. The monoisotopic (exact) mass is 326 g/mol. The number of rotatable bonds is 2. The molecule has 23 heavy (non-hydrogen) atoms. The van der Waals surface area contributed by atoms with Crippen molar-refractivity contribution in [2.24, 2.45) is 0 Å². The van der Waals surface area contributed by atoms with Crippen molar-refractivity contribution < 1.29 is 0 Å². The highest BCUT2D eigenvalue weighted by molar-refractivity contribution is 6.31. The maximum Gasteiger partial charge on any atom is 0.275 e. The normalized spacial score (nSPS) is 11.8. The Bertz CT molecular complexity index is 923. The van der Waals surface area contributed by atoms with Crippen LogP contribution in [0.2, 0.25) is 5.02 Å². The van der Waals surface area contributed by atoms with Crippen LogP contribution in [0.4, 0.5) is 0 Å². The van der Waals surface area contributed by atoms with Crippen LogP contribution in [0.1, 0.15) is 32.0 Å². The average Bonchev–Trinajstić information content (AvgIpc) is 2.51. The van der Waals surface area contributed by atoms with E-state index in [2.05, 4.69) is 5.10 Å². The maximum absolute atomic E-state index is 12.7. The first kappa shape index (κ1) is 15.8. The third-order valence-corrected chi connectivity index (χ3v) is 4.20. The molecule has 3 nitrogen and oxygen atoms in total. The quantitative estimate of drug-likeness (QED) is 0.699. The topological polar surface area (TPSA) is 34.9 Å². The van der Waals surface area contributed by atoms with Crippen molar-refractivity contribution in [3.8, 4) is 0 Å². The van der Waals surface area contributed by atoms with Gasteiger partial charge in [0.2, 0.25) is 0 Å². The van der Waals surface area contributed by atoms with E-state index in [0.717, 1.165) is 16.6 Å². The molecule has 0 aliphatic carbocycles. The SMILES string of the molecule is CC(C)(C)n1nc(Cc2ccccc2Cl)c2ccccc2c1=O. The zero-order valence-electron chi connectivity index (χ0n) is 13.5. The van der Waals surface area contributed by atoms with Gasteiger partial charge in [-0.05, 0) is 38.5 Å². The summed E-state index contributed by atoms with van der Waals surface area (Å²) in [5, 5.41) is 6.95. The van der Waals surface area contributed by atoms with Gasteiger partial charge in [-0.3, -0.25) is 4.79 Å². The van der Waals surface area contributed by atoms with E-state index in [-0.39, 0.29) is 11.1 Å². The van der Waals surface area contributed by atoms with Crippen molar-refractivity contribution in [1.82, 2.24) is 9.78 Å². The van der Waals surface area contributed by atoms with Crippen molar-refractivity contribution >= 4 is 22.4 Å². The fourth-order valence-corrected chi connectivity index (χ4v) is 2.87. The molecule has 0 unspecified atom stereocenters. The Hall–Kier alpha value is -2.13. The van der Waals surface area contributed by atoms with Gasteiger partial charge in [-0.25, -0.2) is 4.68 Å². The molecule has 0 aliphatic rings. The second-order valence-electron chi connectivity index (χ2n) is 6.65. The van der Waals surface area contributed by atoms with Gasteiger partial charge in [-0.1, -0.05) is 48.0 Å². The van der Waals surface area contributed by atoms with Gasteiger partial charge in [-0.2, -0.15) is 5.10 Å². The van der Waals surface area contributed by atoms with Crippen molar-refractivity contribution in [3.63, 3.8) is 0 Å². The number of benzene rings is 2. The Balaban J connectivity index is 2.26. The molecule has 0 fully saturated rings. The highest BCUT2D eigenvalue weighted by Gasteiger charge is 2.20. The van der Waals surface area contributed by atoms with E-state index in [9.17, 15) is 4.79 Å². The van der Waals surface area contributed by atoms with E-state index in [1.54, 1.807) is 4.68 Å². The van der Waals surface area contributed by atoms with Crippen molar-refractivity contribution in [1.29, 1.82) is 0 Å². The predicted molar refractivity (Wildman–Crippen MR) is 95.3 cm³/mol. The van der Waals surface area contributed by atoms with Crippen LogP contribution in [0.3, 0.4) is 0 Å². The average molecular weight is 327 g/mol. The van der Waals surface area contributed by atoms with Gasteiger partial charge < -0.3 is 0 Å². The summed E-state index contributed by atoms with van der Waals surface area (Å²) in [6.07, 6.45) is 0.594. The van der Waals surface area contributed by atoms with Crippen LogP contribution < -0.4 is 5.56 Å². The molecule has 2 aromatic carbocycles. The molecular weight excluding hydrogens is 308 g/mol. The number of hydrogen-bond acceptors (Lipinski definition) is 2. The van der Waals surface area contributed by atoms with E-state index >= 15 is 0 Å². The van der Waals surface area contributed by atoms with E-state index in [0.29, 0.717) is 16.8 Å². The van der Waals surface area contributed by atoms with Crippen LogP contribution in [0, 0.1) is 0 Å². The molecule has 3 rings (SSSR count). The van der Waals surface area contributed by atoms with Crippen LogP contribution in [-0.2, 0) is 12.0 Å². The van der Waals surface area contributed by atoms with Gasteiger partial charge >= 0.3 is 0 Å². The van der Waals surface area contributed by atoms with Crippen molar-refractivity contribution in [3.05, 3.63) is 75.2 Å². The number of halogens is 1. The molecule has 0 N–H and O–H groups in total. The maximum atomic E-state index is 12.7. The highest BCUT2D eigenvalue weighted by Crippen LogP contribution is 2.23. The zero-order valence-corrected chi connectivity index (χ0v) is 14.3. The molecule has 4 heteroatoms. The van der Waals surface area contributed by atoms with E-state index in [4.69, 9.17) is 11.6 Å². The lowest BCUT2D eigenvalue weighted by molar-refractivity contribution is 0.337. The molecule has 0 atom stereocenters. The van der Waals surface area contributed by atoms with Crippen LogP contribution >= 0.6 is 11.6 Å². The number of nitrogens with zero attached hydrogens (tertiary/aromatic N) is 2. The molecule has 0 radical (unpaired) electrons. The Kier molecular flexibility index (Phi) is 3.99. The summed E-state index contributed by atoms with van der Waals surface area (Å²) in [6.45, 7) is 5.94. The number of aromatic nitrogens is 2. The second-order valence-corrected chi connectivity index (χ2v) is 7.06.